The maximum absolute atomic E-state index is 11.3. The number of carbonyl (C=O) groups excluding carboxylic acids is 1. The number of hydrogen-bond donors (Lipinski definition) is 4. The fourth-order valence-electron chi connectivity index (χ4n) is 0.759. The van der Waals surface area contributed by atoms with Crippen molar-refractivity contribution in [1.82, 2.24) is 10.2 Å². The maximum Gasteiger partial charge on any atom is 0.328 e. The summed E-state index contributed by atoms with van der Waals surface area (Å²) in [7, 11) is 1.42. The van der Waals surface area contributed by atoms with Crippen molar-refractivity contribution >= 4 is 12.0 Å². The molecule has 0 heterocycles. The van der Waals surface area contributed by atoms with Gasteiger partial charge in [-0.3, -0.25) is 0 Å². The second-order valence-corrected chi connectivity index (χ2v) is 3.17. The average molecular weight is 220 g/mol. The third-order valence-corrected chi connectivity index (χ3v) is 2.02. The highest BCUT2D eigenvalue weighted by Crippen LogP contribution is 1.95. The fraction of sp³-hybridized carbons (Fsp3) is 0.750. The largest absolute Gasteiger partial charge is 0.480 e. The van der Waals surface area contributed by atoms with E-state index in [-0.39, 0.29) is 6.61 Å². The number of rotatable bonds is 5. The van der Waals surface area contributed by atoms with E-state index >= 15 is 0 Å². The van der Waals surface area contributed by atoms with Crippen LogP contribution in [0.3, 0.4) is 0 Å². The van der Waals surface area contributed by atoms with E-state index in [2.05, 4.69) is 5.32 Å². The number of carboxylic acid groups (broad SMARTS) is 1. The summed E-state index contributed by atoms with van der Waals surface area (Å²) in [5.74, 6) is -1.31. The molecule has 0 bridgehead atoms. The molecule has 0 aromatic carbocycles. The first-order valence-electron chi connectivity index (χ1n) is 4.41. The second-order valence-electron chi connectivity index (χ2n) is 3.17. The van der Waals surface area contributed by atoms with Crippen LogP contribution in [0.15, 0.2) is 0 Å². The predicted molar refractivity (Wildman–Crippen MR) is 51.4 cm³/mol. The van der Waals surface area contributed by atoms with Gasteiger partial charge in [-0.2, -0.15) is 0 Å². The lowest BCUT2D eigenvalue weighted by atomic mass is 10.3. The zero-order chi connectivity index (χ0) is 12.0. The number of urea groups is 1. The molecule has 2 atom stereocenters. The Morgan fingerprint density at radius 3 is 2.20 bits per heavy atom. The summed E-state index contributed by atoms with van der Waals surface area (Å²) in [6.45, 7) is 0.706. The second kappa shape index (κ2) is 6.20. The fourth-order valence-corrected chi connectivity index (χ4v) is 0.759. The number of aliphatic hydroxyl groups excluding tert-OH is 2. The van der Waals surface area contributed by atoms with Gasteiger partial charge in [-0.05, 0) is 6.92 Å². The molecule has 88 valence electrons. The molecule has 4 N–H and O–H groups in total. The highest BCUT2D eigenvalue weighted by atomic mass is 16.4. The minimum absolute atomic E-state index is 0.221. The summed E-state index contributed by atoms with van der Waals surface area (Å²) >= 11 is 0. The van der Waals surface area contributed by atoms with Gasteiger partial charge in [0.15, 0.2) is 6.04 Å². The van der Waals surface area contributed by atoms with E-state index in [1.807, 2.05) is 0 Å². The minimum Gasteiger partial charge on any atom is -0.480 e. The zero-order valence-corrected chi connectivity index (χ0v) is 8.67. The van der Waals surface area contributed by atoms with Gasteiger partial charge in [0, 0.05) is 7.05 Å². The molecule has 0 aliphatic heterocycles. The van der Waals surface area contributed by atoms with Gasteiger partial charge >= 0.3 is 12.0 Å². The number of nitrogens with zero attached hydrogens (tertiary/aromatic N) is 1. The normalized spacial score (nSPS) is 14.1. The Morgan fingerprint density at radius 1 is 1.33 bits per heavy atom. The van der Waals surface area contributed by atoms with E-state index in [0.717, 1.165) is 4.90 Å². The molecule has 2 amide bonds. The monoisotopic (exact) mass is 220 g/mol. The van der Waals surface area contributed by atoms with E-state index in [1.165, 1.54) is 7.05 Å². The third-order valence-electron chi connectivity index (χ3n) is 2.02. The van der Waals surface area contributed by atoms with Gasteiger partial charge in [-0.15, -0.1) is 0 Å². The first-order valence-corrected chi connectivity index (χ1v) is 4.41. The molecule has 0 aliphatic carbocycles. The van der Waals surface area contributed by atoms with Crippen LogP contribution in [0, 0.1) is 0 Å². The smallest absolute Gasteiger partial charge is 0.328 e. The van der Waals surface area contributed by atoms with Crippen molar-refractivity contribution in [2.24, 2.45) is 0 Å². The summed E-state index contributed by atoms with van der Waals surface area (Å²) in [5, 5.41) is 28.1. The first-order chi connectivity index (χ1) is 6.93. The highest BCUT2D eigenvalue weighted by Gasteiger charge is 2.22. The number of hydrogen-bond acceptors (Lipinski definition) is 4. The summed E-state index contributed by atoms with van der Waals surface area (Å²) < 4.78 is 0. The van der Waals surface area contributed by atoms with Gasteiger partial charge in [0.25, 0.3) is 0 Å². The van der Waals surface area contributed by atoms with Crippen LogP contribution in [0.4, 0.5) is 4.79 Å². The van der Waals surface area contributed by atoms with Gasteiger partial charge in [0.2, 0.25) is 0 Å². The topological polar surface area (TPSA) is 110 Å². The number of amides is 2. The molecule has 0 aromatic heterocycles. The molecule has 0 spiro atoms. The number of aliphatic hydroxyl groups is 2. The molecule has 1 unspecified atom stereocenters. The lowest BCUT2D eigenvalue weighted by molar-refractivity contribution is -0.140. The van der Waals surface area contributed by atoms with E-state index in [0.29, 0.717) is 0 Å². The van der Waals surface area contributed by atoms with Crippen molar-refractivity contribution in [3.63, 3.8) is 0 Å². The van der Waals surface area contributed by atoms with E-state index < -0.39 is 30.7 Å². The molecule has 0 aromatic rings. The molecular formula is C8H16N2O5. The lowest BCUT2D eigenvalue weighted by Gasteiger charge is -2.24. The quantitative estimate of drug-likeness (QED) is 0.448. The van der Waals surface area contributed by atoms with Crippen LogP contribution in [0.5, 0.6) is 0 Å². The molecule has 0 saturated heterocycles. The summed E-state index contributed by atoms with van der Waals surface area (Å²) in [6, 6.07) is -2.40. The maximum atomic E-state index is 11.3. The number of carbonyl (C=O) groups is 2. The summed E-state index contributed by atoms with van der Waals surface area (Å²) in [5.41, 5.74) is 0. The standard InChI is InChI=1S/C8H16N2O5/c1-5(3-11)10(2)8(15)9-6(4-12)7(13)14/h5-6,11-12H,3-4H2,1-2H3,(H,9,15)(H,13,14)/t5?,6-/m0/s1. The number of likely N-dealkylation sites (N-methyl/N-ethyl adjacent to an activating group) is 1. The van der Waals surface area contributed by atoms with Crippen LogP contribution in [0.2, 0.25) is 0 Å². The molecule has 0 rings (SSSR count). The van der Waals surface area contributed by atoms with Crippen molar-refractivity contribution in [2.45, 2.75) is 19.0 Å². The lowest BCUT2D eigenvalue weighted by Crippen LogP contribution is -2.51. The van der Waals surface area contributed by atoms with Crippen molar-refractivity contribution in [2.75, 3.05) is 20.3 Å². The van der Waals surface area contributed by atoms with Gasteiger partial charge in [-0.1, -0.05) is 0 Å². The summed E-state index contributed by atoms with van der Waals surface area (Å²) in [4.78, 5) is 23.0. The van der Waals surface area contributed by atoms with Gasteiger partial charge in [0.1, 0.15) is 0 Å². The Bertz CT molecular complexity index is 233. The van der Waals surface area contributed by atoms with Crippen LogP contribution < -0.4 is 5.32 Å². The first kappa shape index (κ1) is 13.7. The Kier molecular flexibility index (Phi) is 5.65. The van der Waals surface area contributed by atoms with Crippen molar-refractivity contribution in [3.8, 4) is 0 Å². The Hall–Kier alpha value is -1.34. The van der Waals surface area contributed by atoms with E-state index in [9.17, 15) is 9.59 Å². The van der Waals surface area contributed by atoms with E-state index in [1.54, 1.807) is 6.92 Å². The number of carboxylic acids is 1. The molecule has 0 radical (unpaired) electrons. The van der Waals surface area contributed by atoms with Gasteiger partial charge < -0.3 is 25.5 Å². The Labute approximate surface area is 87.3 Å². The molecule has 15 heavy (non-hydrogen) atoms. The van der Waals surface area contributed by atoms with Crippen LogP contribution >= 0.6 is 0 Å². The molecule has 0 aliphatic rings. The van der Waals surface area contributed by atoms with Crippen LogP contribution in [-0.2, 0) is 4.79 Å². The van der Waals surface area contributed by atoms with Crippen LogP contribution in [0.25, 0.3) is 0 Å². The number of aliphatic carboxylic acids is 1. The van der Waals surface area contributed by atoms with Crippen LogP contribution in [-0.4, -0.2) is 64.6 Å². The third kappa shape index (κ3) is 4.13. The van der Waals surface area contributed by atoms with Gasteiger partial charge in [0.05, 0.1) is 19.3 Å². The Balaban J connectivity index is 4.28. The zero-order valence-electron chi connectivity index (χ0n) is 8.67. The average Bonchev–Trinajstić information content (AvgIpc) is 2.22. The van der Waals surface area contributed by atoms with Crippen molar-refractivity contribution < 1.29 is 24.9 Å². The van der Waals surface area contributed by atoms with Crippen LogP contribution in [0.1, 0.15) is 6.92 Å². The predicted octanol–water partition coefficient (Wildman–Crippen LogP) is -1.55. The van der Waals surface area contributed by atoms with E-state index in [4.69, 9.17) is 15.3 Å². The van der Waals surface area contributed by atoms with Crippen molar-refractivity contribution in [1.29, 1.82) is 0 Å². The minimum atomic E-state index is -1.33. The summed E-state index contributed by atoms with van der Waals surface area (Å²) in [6.07, 6.45) is 0. The molecule has 7 heteroatoms. The molecule has 0 fully saturated rings. The van der Waals surface area contributed by atoms with Crippen molar-refractivity contribution in [3.05, 3.63) is 0 Å². The highest BCUT2D eigenvalue weighted by molar-refractivity contribution is 5.82. The van der Waals surface area contributed by atoms with Gasteiger partial charge in [-0.25, -0.2) is 9.59 Å². The molecule has 0 saturated carbocycles. The molecule has 7 nitrogen and oxygen atoms in total. The Morgan fingerprint density at radius 2 is 1.87 bits per heavy atom. The molecular weight excluding hydrogens is 204 g/mol. The SMILES string of the molecule is CC(CO)N(C)C(=O)N[C@@H](CO)C(=O)O. The number of nitrogens with one attached hydrogen (secondary N) is 1.